The molecule has 0 unspecified atom stereocenters. The van der Waals surface area contributed by atoms with Gasteiger partial charge in [0, 0.05) is 12.1 Å². The van der Waals surface area contributed by atoms with Crippen LogP contribution in [-0.2, 0) is 25.5 Å². The Bertz CT molecular complexity index is 938. The Hall–Kier alpha value is -3.33. The predicted molar refractivity (Wildman–Crippen MR) is 98.6 cm³/mol. The number of benzene rings is 1. The van der Waals surface area contributed by atoms with Gasteiger partial charge < -0.3 is 4.74 Å². The second-order valence-corrected chi connectivity index (χ2v) is 6.90. The summed E-state index contributed by atoms with van der Waals surface area (Å²) in [6, 6.07) is 10.0. The third-order valence-corrected chi connectivity index (χ3v) is 4.91. The molecule has 4 amide bonds. The number of amides is 4. The van der Waals surface area contributed by atoms with E-state index in [-0.39, 0.29) is 19.4 Å². The van der Waals surface area contributed by atoms with Crippen molar-refractivity contribution in [1.29, 1.82) is 0 Å². The summed E-state index contributed by atoms with van der Waals surface area (Å²) in [5, 5.41) is 3.80. The van der Waals surface area contributed by atoms with Crippen LogP contribution in [0.1, 0.15) is 32.0 Å². The highest BCUT2D eigenvalue weighted by Gasteiger charge is 2.30. The van der Waals surface area contributed by atoms with Crippen molar-refractivity contribution < 1.29 is 28.7 Å². The topological polar surface area (TPSA) is 110 Å². The zero-order valence-electron chi connectivity index (χ0n) is 14.7. The molecule has 0 atom stereocenters. The van der Waals surface area contributed by atoms with Gasteiger partial charge in [0.25, 0.3) is 17.7 Å². The number of rotatable bonds is 6. The van der Waals surface area contributed by atoms with Crippen molar-refractivity contribution in [2.45, 2.75) is 12.8 Å². The fourth-order valence-corrected chi connectivity index (χ4v) is 3.30. The van der Waals surface area contributed by atoms with Gasteiger partial charge in [-0.2, -0.15) is 0 Å². The molecular formula is C19H16N2O6S. The van der Waals surface area contributed by atoms with Gasteiger partial charge in [-0.3, -0.25) is 34.2 Å². The van der Waals surface area contributed by atoms with Gasteiger partial charge in [-0.05, 0) is 23.1 Å². The van der Waals surface area contributed by atoms with Crippen LogP contribution in [0, 0.1) is 0 Å². The number of nitrogens with one attached hydrogen (secondary N) is 1. The van der Waals surface area contributed by atoms with E-state index in [0.29, 0.717) is 16.0 Å². The lowest BCUT2D eigenvalue weighted by Crippen LogP contribution is -2.43. The molecule has 0 aliphatic carbocycles. The van der Waals surface area contributed by atoms with E-state index >= 15 is 0 Å². The number of carbonyl (C=O) groups excluding carboxylic acids is 5. The molecule has 1 aromatic heterocycles. The Morgan fingerprint density at radius 3 is 2.64 bits per heavy atom. The van der Waals surface area contributed by atoms with E-state index < -0.39 is 36.2 Å². The van der Waals surface area contributed by atoms with Crippen LogP contribution >= 0.6 is 11.3 Å². The summed E-state index contributed by atoms with van der Waals surface area (Å²) in [6.45, 7) is -0.763. The average Bonchev–Trinajstić information content (AvgIpc) is 3.21. The molecule has 1 aromatic carbocycles. The molecule has 0 bridgehead atoms. The molecule has 2 heterocycles. The van der Waals surface area contributed by atoms with Crippen LogP contribution in [0.15, 0.2) is 41.8 Å². The maximum absolute atomic E-state index is 12.4. The molecule has 9 heteroatoms. The second kappa shape index (κ2) is 8.57. The Morgan fingerprint density at radius 2 is 1.89 bits per heavy atom. The predicted octanol–water partition coefficient (Wildman–Crippen LogP) is 1.16. The van der Waals surface area contributed by atoms with Crippen LogP contribution in [0.5, 0.6) is 0 Å². The lowest BCUT2D eigenvalue weighted by Gasteiger charge is -2.26. The summed E-state index contributed by atoms with van der Waals surface area (Å²) in [5.41, 5.74) is 1.09. The molecule has 1 N–H and O–H groups in total. The number of hydrogen-bond donors (Lipinski definition) is 1. The smallest absolute Gasteiger partial charge is 0.308 e. The van der Waals surface area contributed by atoms with Crippen molar-refractivity contribution in [3.8, 4) is 0 Å². The average molecular weight is 400 g/mol. The quantitative estimate of drug-likeness (QED) is 0.576. The number of carbonyl (C=O) groups is 5. The van der Waals surface area contributed by atoms with Crippen LogP contribution in [-0.4, -0.2) is 47.6 Å². The molecule has 8 nitrogen and oxygen atoms in total. The van der Waals surface area contributed by atoms with E-state index in [9.17, 15) is 24.0 Å². The highest BCUT2D eigenvalue weighted by molar-refractivity contribution is 7.12. The maximum Gasteiger partial charge on any atom is 0.308 e. The van der Waals surface area contributed by atoms with E-state index in [0.717, 1.165) is 4.90 Å². The normalized spacial score (nSPS) is 13.1. The van der Waals surface area contributed by atoms with Crippen LogP contribution < -0.4 is 5.32 Å². The molecule has 28 heavy (non-hydrogen) atoms. The van der Waals surface area contributed by atoms with Gasteiger partial charge in [0.2, 0.25) is 5.91 Å². The first-order chi connectivity index (χ1) is 13.5. The Kier molecular flexibility index (Phi) is 5.95. The van der Waals surface area contributed by atoms with Gasteiger partial charge in [0.05, 0.1) is 17.7 Å². The van der Waals surface area contributed by atoms with Crippen molar-refractivity contribution in [2.75, 3.05) is 13.2 Å². The number of esters is 1. The maximum atomic E-state index is 12.4. The molecule has 0 fully saturated rings. The molecule has 0 spiro atoms. The van der Waals surface area contributed by atoms with Crippen molar-refractivity contribution >= 4 is 40.9 Å². The SMILES string of the molecule is O=C(COC(=O)CCN1C(=O)Cc2ccccc2C1=O)NC(=O)c1cccs1. The number of fused-ring (bicyclic) bond motifs is 1. The minimum absolute atomic E-state index is 0.0875. The van der Waals surface area contributed by atoms with E-state index in [1.807, 2.05) is 0 Å². The largest absolute Gasteiger partial charge is 0.456 e. The van der Waals surface area contributed by atoms with Crippen LogP contribution in [0.4, 0.5) is 0 Å². The fraction of sp³-hybridized carbons (Fsp3) is 0.211. The number of hydrogen-bond acceptors (Lipinski definition) is 7. The third kappa shape index (κ3) is 4.49. The Balaban J connectivity index is 1.45. The molecule has 3 rings (SSSR count). The minimum atomic E-state index is -0.759. The second-order valence-electron chi connectivity index (χ2n) is 5.95. The molecule has 0 saturated heterocycles. The zero-order chi connectivity index (χ0) is 20.1. The first kappa shape index (κ1) is 19.4. The molecular weight excluding hydrogens is 384 g/mol. The third-order valence-electron chi connectivity index (χ3n) is 4.04. The van der Waals surface area contributed by atoms with E-state index in [1.54, 1.807) is 41.8 Å². The number of imide groups is 2. The highest BCUT2D eigenvalue weighted by atomic mass is 32.1. The lowest BCUT2D eigenvalue weighted by molar-refractivity contribution is -0.148. The van der Waals surface area contributed by atoms with E-state index in [4.69, 9.17) is 4.74 Å². The van der Waals surface area contributed by atoms with Crippen molar-refractivity contribution in [1.82, 2.24) is 10.2 Å². The Labute approximate surface area is 164 Å². The standard InChI is InChI=1S/C19H16N2O6S/c22-15(20-18(25)14-6-3-9-28-14)11-27-17(24)7-8-21-16(23)10-12-4-1-2-5-13(12)19(21)26/h1-6,9H,7-8,10-11H2,(H,20,22,25). The number of nitrogens with zero attached hydrogens (tertiary/aromatic N) is 1. The van der Waals surface area contributed by atoms with Gasteiger partial charge in [-0.15, -0.1) is 11.3 Å². The summed E-state index contributed by atoms with van der Waals surface area (Å²) in [4.78, 5) is 61.1. The van der Waals surface area contributed by atoms with Crippen molar-refractivity contribution in [3.05, 3.63) is 57.8 Å². The van der Waals surface area contributed by atoms with Gasteiger partial charge in [-0.25, -0.2) is 0 Å². The van der Waals surface area contributed by atoms with Crippen LogP contribution in [0.2, 0.25) is 0 Å². The van der Waals surface area contributed by atoms with Crippen molar-refractivity contribution in [3.63, 3.8) is 0 Å². The molecule has 144 valence electrons. The number of thiophene rings is 1. The van der Waals surface area contributed by atoms with E-state index in [1.165, 1.54) is 11.3 Å². The van der Waals surface area contributed by atoms with Gasteiger partial charge >= 0.3 is 5.97 Å². The zero-order valence-corrected chi connectivity index (χ0v) is 15.5. The Morgan fingerprint density at radius 1 is 1.11 bits per heavy atom. The first-order valence-electron chi connectivity index (χ1n) is 8.41. The summed E-state index contributed by atoms with van der Waals surface area (Å²) in [5.74, 6) is -2.93. The van der Waals surface area contributed by atoms with Crippen LogP contribution in [0.3, 0.4) is 0 Å². The highest BCUT2D eigenvalue weighted by Crippen LogP contribution is 2.19. The van der Waals surface area contributed by atoms with Gasteiger partial charge in [0.15, 0.2) is 6.61 Å². The first-order valence-corrected chi connectivity index (χ1v) is 9.29. The summed E-state index contributed by atoms with van der Waals surface area (Å²) in [7, 11) is 0. The fourth-order valence-electron chi connectivity index (χ4n) is 2.68. The summed E-state index contributed by atoms with van der Waals surface area (Å²) in [6.07, 6.45) is -0.157. The minimum Gasteiger partial charge on any atom is -0.456 e. The molecule has 0 radical (unpaired) electrons. The summed E-state index contributed by atoms with van der Waals surface area (Å²) >= 11 is 1.18. The molecule has 2 aromatic rings. The number of ether oxygens (including phenoxy) is 1. The lowest BCUT2D eigenvalue weighted by atomic mass is 9.98. The van der Waals surface area contributed by atoms with Gasteiger partial charge in [-0.1, -0.05) is 24.3 Å². The van der Waals surface area contributed by atoms with Crippen LogP contribution in [0.25, 0.3) is 0 Å². The molecule has 1 aliphatic rings. The van der Waals surface area contributed by atoms with E-state index in [2.05, 4.69) is 5.32 Å². The monoisotopic (exact) mass is 400 g/mol. The molecule has 1 aliphatic heterocycles. The summed E-state index contributed by atoms with van der Waals surface area (Å²) < 4.78 is 4.80. The van der Waals surface area contributed by atoms with Crippen molar-refractivity contribution in [2.24, 2.45) is 0 Å². The van der Waals surface area contributed by atoms with Gasteiger partial charge in [0.1, 0.15) is 0 Å². The molecule has 0 saturated carbocycles.